The van der Waals surface area contributed by atoms with Crippen LogP contribution in [0.25, 0.3) is 10.8 Å². The fraction of sp³-hybridized carbons (Fsp3) is 0.167. The molecular weight excluding hydrogens is 279 g/mol. The first-order valence-electron chi connectivity index (χ1n) is 5.28. The molecule has 0 radical (unpaired) electrons. The van der Waals surface area contributed by atoms with E-state index in [4.69, 9.17) is 9.29 Å². The molecule has 98 valence electrons. The van der Waals surface area contributed by atoms with E-state index in [9.17, 15) is 8.42 Å². The molecule has 0 unspecified atom stereocenters. The van der Waals surface area contributed by atoms with E-state index in [1.54, 1.807) is 6.07 Å². The molecule has 0 bridgehead atoms. The summed E-state index contributed by atoms with van der Waals surface area (Å²) in [7, 11) is -4.39. The van der Waals surface area contributed by atoms with E-state index in [1.165, 1.54) is 0 Å². The maximum Gasteiger partial charge on any atom is 1.00 e. The quantitative estimate of drug-likeness (QED) is 0.442. The standard InChI is InChI=1S/C12H12O5S.Na.H/c13-18(14,15)17-8-7-16-12-6-5-10-3-1-2-4-11(10)9-12;;/h1-6,9H,7-8H2,(H,13,14,15);;/q;+1;-1. The van der Waals surface area contributed by atoms with Crippen molar-refractivity contribution < 1.29 is 52.9 Å². The number of rotatable bonds is 5. The van der Waals surface area contributed by atoms with E-state index in [2.05, 4.69) is 4.18 Å². The first-order chi connectivity index (χ1) is 8.54. The Bertz CT molecular complexity index is 647. The Kier molecular flexibility index (Phi) is 6.25. The third-order valence-electron chi connectivity index (χ3n) is 2.31. The van der Waals surface area contributed by atoms with Gasteiger partial charge in [0.2, 0.25) is 0 Å². The van der Waals surface area contributed by atoms with Crippen molar-refractivity contribution in [3.8, 4) is 5.75 Å². The third kappa shape index (κ3) is 5.48. The fourth-order valence-electron chi connectivity index (χ4n) is 1.56. The molecule has 2 aromatic carbocycles. The van der Waals surface area contributed by atoms with E-state index >= 15 is 0 Å². The van der Waals surface area contributed by atoms with Crippen molar-refractivity contribution in [3.05, 3.63) is 42.5 Å². The van der Waals surface area contributed by atoms with Gasteiger partial charge in [0.05, 0.1) is 0 Å². The summed E-state index contributed by atoms with van der Waals surface area (Å²) in [4.78, 5) is 0. The van der Waals surface area contributed by atoms with Crippen LogP contribution < -0.4 is 34.3 Å². The smallest absolute Gasteiger partial charge is 1.00 e. The average Bonchev–Trinajstić information content (AvgIpc) is 2.33. The van der Waals surface area contributed by atoms with Crippen LogP contribution in [0, 0.1) is 0 Å². The van der Waals surface area contributed by atoms with Crippen LogP contribution in [-0.2, 0) is 14.6 Å². The minimum absolute atomic E-state index is 0. The molecule has 0 aliphatic carbocycles. The Hall–Kier alpha value is -0.630. The topological polar surface area (TPSA) is 72.8 Å². The minimum atomic E-state index is -4.39. The third-order valence-corrected chi connectivity index (χ3v) is 2.77. The molecular formula is C12H13NaO5S. The average molecular weight is 292 g/mol. The molecule has 2 aromatic rings. The van der Waals surface area contributed by atoms with Gasteiger partial charge in [-0.1, -0.05) is 30.3 Å². The number of hydrogen-bond donors (Lipinski definition) is 1. The number of fused-ring (bicyclic) bond motifs is 1. The van der Waals surface area contributed by atoms with Gasteiger partial charge in [0, 0.05) is 0 Å². The number of benzene rings is 2. The Morgan fingerprint density at radius 3 is 2.42 bits per heavy atom. The van der Waals surface area contributed by atoms with Crippen molar-refractivity contribution >= 4 is 21.2 Å². The van der Waals surface area contributed by atoms with Crippen LogP contribution in [0.15, 0.2) is 42.5 Å². The minimum Gasteiger partial charge on any atom is -1.00 e. The van der Waals surface area contributed by atoms with Gasteiger partial charge in [-0.25, -0.2) is 4.18 Å². The van der Waals surface area contributed by atoms with Crippen molar-refractivity contribution in [2.24, 2.45) is 0 Å². The van der Waals surface area contributed by atoms with Gasteiger partial charge >= 0.3 is 40.0 Å². The van der Waals surface area contributed by atoms with Crippen molar-refractivity contribution in [2.45, 2.75) is 0 Å². The summed E-state index contributed by atoms with van der Waals surface area (Å²) in [5.41, 5.74) is 0. The van der Waals surface area contributed by atoms with Gasteiger partial charge in [0.15, 0.2) is 0 Å². The zero-order chi connectivity index (χ0) is 13.0. The zero-order valence-corrected chi connectivity index (χ0v) is 13.3. The van der Waals surface area contributed by atoms with Crippen molar-refractivity contribution in [1.29, 1.82) is 0 Å². The monoisotopic (exact) mass is 292 g/mol. The van der Waals surface area contributed by atoms with Gasteiger partial charge in [-0.15, -0.1) is 0 Å². The van der Waals surface area contributed by atoms with Crippen LogP contribution in [0.3, 0.4) is 0 Å². The van der Waals surface area contributed by atoms with Crippen LogP contribution in [0.5, 0.6) is 5.75 Å². The predicted molar refractivity (Wildman–Crippen MR) is 68.1 cm³/mol. The largest absolute Gasteiger partial charge is 1.00 e. The molecule has 0 aliphatic rings. The van der Waals surface area contributed by atoms with Crippen LogP contribution >= 0.6 is 0 Å². The Balaban J connectivity index is 0.00000180. The van der Waals surface area contributed by atoms with E-state index in [0.29, 0.717) is 5.75 Å². The maximum atomic E-state index is 10.3. The van der Waals surface area contributed by atoms with Gasteiger partial charge in [0.1, 0.15) is 19.0 Å². The summed E-state index contributed by atoms with van der Waals surface area (Å²) in [6, 6.07) is 13.4. The summed E-state index contributed by atoms with van der Waals surface area (Å²) >= 11 is 0. The van der Waals surface area contributed by atoms with Crippen LogP contribution in [-0.4, -0.2) is 26.2 Å². The molecule has 0 aromatic heterocycles. The second-order valence-electron chi connectivity index (χ2n) is 3.61. The first-order valence-corrected chi connectivity index (χ1v) is 6.64. The van der Waals surface area contributed by atoms with Crippen LogP contribution in [0.4, 0.5) is 0 Å². The molecule has 0 saturated heterocycles. The molecule has 2 rings (SSSR count). The number of hydrogen-bond acceptors (Lipinski definition) is 4. The van der Waals surface area contributed by atoms with E-state index in [1.807, 2.05) is 36.4 Å². The molecule has 0 saturated carbocycles. The molecule has 7 heteroatoms. The van der Waals surface area contributed by atoms with Crippen molar-refractivity contribution in [2.75, 3.05) is 13.2 Å². The predicted octanol–water partition coefficient (Wildman–Crippen LogP) is -0.845. The van der Waals surface area contributed by atoms with Gasteiger partial charge in [0.25, 0.3) is 0 Å². The Morgan fingerprint density at radius 1 is 1.05 bits per heavy atom. The summed E-state index contributed by atoms with van der Waals surface area (Å²) in [5, 5.41) is 2.13. The van der Waals surface area contributed by atoms with Gasteiger partial charge in [-0.2, -0.15) is 8.42 Å². The molecule has 0 heterocycles. The Morgan fingerprint density at radius 2 is 1.74 bits per heavy atom. The first kappa shape index (κ1) is 16.4. The summed E-state index contributed by atoms with van der Waals surface area (Å²) in [6.07, 6.45) is 0. The molecule has 0 aliphatic heterocycles. The summed E-state index contributed by atoms with van der Waals surface area (Å²) in [5.74, 6) is 0.618. The molecule has 0 atom stereocenters. The molecule has 5 nitrogen and oxygen atoms in total. The van der Waals surface area contributed by atoms with Crippen LogP contribution in [0.1, 0.15) is 1.43 Å². The molecule has 0 spiro atoms. The summed E-state index contributed by atoms with van der Waals surface area (Å²) < 4.78 is 38.4. The van der Waals surface area contributed by atoms with E-state index in [0.717, 1.165) is 10.8 Å². The second-order valence-corrected chi connectivity index (χ2v) is 4.70. The second kappa shape index (κ2) is 7.23. The number of ether oxygens (including phenoxy) is 1. The summed E-state index contributed by atoms with van der Waals surface area (Å²) in [6.45, 7) is -0.191. The van der Waals surface area contributed by atoms with E-state index in [-0.39, 0.29) is 44.2 Å². The maximum absolute atomic E-state index is 10.3. The van der Waals surface area contributed by atoms with Gasteiger partial charge < -0.3 is 6.16 Å². The fourth-order valence-corrected chi connectivity index (χ4v) is 1.83. The molecule has 0 fully saturated rings. The van der Waals surface area contributed by atoms with Crippen LogP contribution in [0.2, 0.25) is 0 Å². The van der Waals surface area contributed by atoms with Gasteiger partial charge in [-0.05, 0) is 22.9 Å². The normalized spacial score (nSPS) is 11.0. The van der Waals surface area contributed by atoms with E-state index < -0.39 is 10.4 Å². The zero-order valence-electron chi connectivity index (χ0n) is 11.4. The molecule has 19 heavy (non-hydrogen) atoms. The molecule has 0 amide bonds. The Labute approximate surface area is 135 Å². The molecule has 1 N–H and O–H groups in total. The SMILES string of the molecule is O=S(=O)(O)OCCOc1ccc2ccccc2c1.[H-].[Na+]. The van der Waals surface area contributed by atoms with Crippen molar-refractivity contribution in [3.63, 3.8) is 0 Å². The van der Waals surface area contributed by atoms with Crippen molar-refractivity contribution in [1.82, 2.24) is 0 Å². The van der Waals surface area contributed by atoms with Gasteiger partial charge in [-0.3, -0.25) is 4.55 Å².